The van der Waals surface area contributed by atoms with Crippen LogP contribution in [0.5, 0.6) is 0 Å². The molecule has 11 heteroatoms. The number of nitrogens with zero attached hydrogens (tertiary/aromatic N) is 7. The maximum Gasteiger partial charge on any atom is 0.332 e. The number of aromatic nitrogens is 7. The lowest BCUT2D eigenvalue weighted by Crippen LogP contribution is -2.38. The third-order valence-electron chi connectivity index (χ3n) is 4.76. The van der Waals surface area contributed by atoms with Crippen LogP contribution in [0.2, 0.25) is 0 Å². The molecule has 0 saturated carbocycles. The van der Waals surface area contributed by atoms with Gasteiger partial charge in [-0.3, -0.25) is 28.4 Å². The number of aryl methyl sites for hydroxylation is 1. The van der Waals surface area contributed by atoms with Crippen molar-refractivity contribution in [3.8, 4) is 11.4 Å². The molecule has 1 N–H and O–H groups in total. The Balaban J connectivity index is 1.40. The van der Waals surface area contributed by atoms with Crippen LogP contribution in [0.1, 0.15) is 0 Å². The standard InChI is InChI=1S/C19H20N8O3/c1-24-17-16(18(29)25(2)19(24)30)26(12-22-17)11-15(28)21-8-10-27-9-6-14(23-27)13-5-3-4-7-20-13/h3-7,9,12H,8,10-11H2,1-2H3,(H,21,28). The highest BCUT2D eigenvalue weighted by atomic mass is 16.2. The van der Waals surface area contributed by atoms with Crippen LogP contribution in [-0.2, 0) is 32.0 Å². The van der Waals surface area contributed by atoms with E-state index in [1.165, 1.54) is 29.6 Å². The van der Waals surface area contributed by atoms with E-state index in [1.54, 1.807) is 10.9 Å². The average Bonchev–Trinajstić information content (AvgIpc) is 3.39. The smallest absolute Gasteiger partial charge is 0.332 e. The highest BCUT2D eigenvalue weighted by Gasteiger charge is 2.15. The first kappa shape index (κ1) is 19.3. The van der Waals surface area contributed by atoms with Gasteiger partial charge in [-0.05, 0) is 18.2 Å². The predicted octanol–water partition coefficient (Wildman–Crippen LogP) is -0.491. The first-order chi connectivity index (χ1) is 14.5. The quantitative estimate of drug-likeness (QED) is 0.459. The number of nitrogens with one attached hydrogen (secondary N) is 1. The Hall–Kier alpha value is -4.02. The van der Waals surface area contributed by atoms with Crippen molar-refractivity contribution in [3.05, 3.63) is 63.8 Å². The molecule has 4 aromatic rings. The molecule has 30 heavy (non-hydrogen) atoms. The molecule has 0 aliphatic rings. The lowest BCUT2D eigenvalue weighted by Gasteiger charge is -2.08. The maximum absolute atomic E-state index is 12.4. The number of hydrogen-bond donors (Lipinski definition) is 1. The second-order valence-electron chi connectivity index (χ2n) is 6.78. The zero-order valence-corrected chi connectivity index (χ0v) is 16.5. The summed E-state index contributed by atoms with van der Waals surface area (Å²) in [4.78, 5) is 45.1. The molecule has 1 amide bonds. The van der Waals surface area contributed by atoms with E-state index >= 15 is 0 Å². The van der Waals surface area contributed by atoms with Crippen LogP contribution < -0.4 is 16.6 Å². The van der Waals surface area contributed by atoms with Crippen LogP contribution in [0.25, 0.3) is 22.6 Å². The number of carbonyl (C=O) groups excluding carboxylic acids is 1. The largest absolute Gasteiger partial charge is 0.353 e. The van der Waals surface area contributed by atoms with Gasteiger partial charge in [-0.15, -0.1) is 0 Å². The van der Waals surface area contributed by atoms with E-state index in [0.29, 0.717) is 13.1 Å². The van der Waals surface area contributed by atoms with Crippen molar-refractivity contribution in [2.24, 2.45) is 14.1 Å². The van der Waals surface area contributed by atoms with Crippen molar-refractivity contribution in [2.45, 2.75) is 13.1 Å². The molecule has 4 rings (SSSR count). The molecule has 0 radical (unpaired) electrons. The van der Waals surface area contributed by atoms with Crippen molar-refractivity contribution >= 4 is 17.1 Å². The van der Waals surface area contributed by atoms with E-state index in [-0.39, 0.29) is 23.6 Å². The minimum Gasteiger partial charge on any atom is -0.353 e. The van der Waals surface area contributed by atoms with Crippen molar-refractivity contribution < 1.29 is 4.79 Å². The summed E-state index contributed by atoms with van der Waals surface area (Å²) in [5, 5.41) is 7.25. The Bertz CT molecular complexity index is 1330. The third-order valence-corrected chi connectivity index (χ3v) is 4.76. The predicted molar refractivity (Wildman–Crippen MR) is 109 cm³/mol. The molecule has 0 aromatic carbocycles. The van der Waals surface area contributed by atoms with E-state index in [9.17, 15) is 14.4 Å². The van der Waals surface area contributed by atoms with Gasteiger partial charge in [-0.25, -0.2) is 9.78 Å². The van der Waals surface area contributed by atoms with Gasteiger partial charge in [0.05, 0.1) is 18.6 Å². The Morgan fingerprint density at radius 1 is 1.07 bits per heavy atom. The molecule has 0 fully saturated rings. The molecule has 0 spiro atoms. The maximum atomic E-state index is 12.4. The third kappa shape index (κ3) is 3.52. The van der Waals surface area contributed by atoms with Crippen LogP contribution in [-0.4, -0.2) is 45.9 Å². The van der Waals surface area contributed by atoms with Gasteiger partial charge < -0.3 is 9.88 Å². The average molecular weight is 408 g/mol. The SMILES string of the molecule is Cn1c(=O)c2c(ncn2CC(=O)NCCn2ccc(-c3ccccn3)n2)n(C)c1=O. The number of carbonyl (C=O) groups is 1. The molecule has 4 heterocycles. The fraction of sp³-hybridized carbons (Fsp3) is 0.263. The summed E-state index contributed by atoms with van der Waals surface area (Å²) >= 11 is 0. The summed E-state index contributed by atoms with van der Waals surface area (Å²) in [6, 6.07) is 7.48. The summed E-state index contributed by atoms with van der Waals surface area (Å²) in [5.74, 6) is -0.276. The minimum absolute atomic E-state index is 0.0811. The Morgan fingerprint density at radius 3 is 2.67 bits per heavy atom. The van der Waals surface area contributed by atoms with Crippen molar-refractivity contribution in [3.63, 3.8) is 0 Å². The number of imidazole rings is 1. The molecule has 0 saturated heterocycles. The normalized spacial score (nSPS) is 11.1. The first-order valence-electron chi connectivity index (χ1n) is 9.28. The molecule has 0 atom stereocenters. The van der Waals surface area contributed by atoms with E-state index in [0.717, 1.165) is 16.0 Å². The highest BCUT2D eigenvalue weighted by molar-refractivity contribution is 5.78. The van der Waals surface area contributed by atoms with Gasteiger partial charge in [0.1, 0.15) is 12.2 Å². The van der Waals surface area contributed by atoms with Gasteiger partial charge in [0.25, 0.3) is 5.56 Å². The van der Waals surface area contributed by atoms with Gasteiger partial charge in [0, 0.05) is 33.0 Å². The van der Waals surface area contributed by atoms with Gasteiger partial charge in [-0.2, -0.15) is 5.10 Å². The summed E-state index contributed by atoms with van der Waals surface area (Å²) in [5.41, 5.74) is 1.04. The lowest BCUT2D eigenvalue weighted by atomic mass is 10.3. The molecule has 4 aromatic heterocycles. The molecule has 0 bridgehead atoms. The second kappa shape index (κ2) is 7.78. The van der Waals surface area contributed by atoms with Gasteiger partial charge in [0.15, 0.2) is 11.2 Å². The number of hydrogen-bond acceptors (Lipinski definition) is 6. The molecule has 0 aliphatic carbocycles. The van der Waals surface area contributed by atoms with Crippen molar-refractivity contribution in [1.82, 2.24) is 38.8 Å². The molecule has 154 valence electrons. The zero-order valence-electron chi connectivity index (χ0n) is 16.5. The summed E-state index contributed by atoms with van der Waals surface area (Å²) in [6.45, 7) is 0.771. The molecule has 11 nitrogen and oxygen atoms in total. The molecule has 0 unspecified atom stereocenters. The van der Waals surface area contributed by atoms with Crippen LogP contribution in [0.3, 0.4) is 0 Å². The van der Waals surface area contributed by atoms with Crippen LogP contribution in [0, 0.1) is 0 Å². The van der Waals surface area contributed by atoms with Gasteiger partial charge in [-0.1, -0.05) is 6.07 Å². The van der Waals surface area contributed by atoms with Crippen LogP contribution >= 0.6 is 0 Å². The first-order valence-corrected chi connectivity index (χ1v) is 9.28. The highest BCUT2D eigenvalue weighted by Crippen LogP contribution is 2.12. The van der Waals surface area contributed by atoms with Crippen molar-refractivity contribution in [2.75, 3.05) is 6.54 Å². The van der Waals surface area contributed by atoms with Gasteiger partial charge >= 0.3 is 5.69 Å². The Labute approximate surface area is 170 Å². The summed E-state index contributed by atoms with van der Waals surface area (Å²) in [6.07, 6.45) is 4.92. The number of amides is 1. The minimum atomic E-state index is -0.489. The number of pyridine rings is 1. The number of rotatable bonds is 6. The molecular formula is C19H20N8O3. The van der Waals surface area contributed by atoms with E-state index < -0.39 is 11.2 Å². The van der Waals surface area contributed by atoms with E-state index in [4.69, 9.17) is 0 Å². The number of fused-ring (bicyclic) bond motifs is 1. The molecule has 0 aliphatic heterocycles. The van der Waals surface area contributed by atoms with Crippen LogP contribution in [0.4, 0.5) is 0 Å². The fourth-order valence-electron chi connectivity index (χ4n) is 3.17. The van der Waals surface area contributed by atoms with E-state index in [1.807, 2.05) is 30.5 Å². The topological polar surface area (TPSA) is 122 Å². The van der Waals surface area contributed by atoms with Crippen molar-refractivity contribution in [1.29, 1.82) is 0 Å². The van der Waals surface area contributed by atoms with Crippen LogP contribution in [0.15, 0.2) is 52.6 Å². The Morgan fingerprint density at radius 2 is 1.90 bits per heavy atom. The summed E-state index contributed by atoms with van der Waals surface area (Å²) < 4.78 is 5.44. The van der Waals surface area contributed by atoms with Gasteiger partial charge in [0.2, 0.25) is 5.91 Å². The monoisotopic (exact) mass is 408 g/mol. The fourth-order valence-corrected chi connectivity index (χ4v) is 3.17. The van der Waals surface area contributed by atoms with E-state index in [2.05, 4.69) is 20.4 Å². The Kier molecular flexibility index (Phi) is 5.00. The zero-order chi connectivity index (χ0) is 21.3. The second-order valence-corrected chi connectivity index (χ2v) is 6.78. The lowest BCUT2D eigenvalue weighted by molar-refractivity contribution is -0.121. The molecular weight excluding hydrogens is 388 g/mol. The summed E-state index contributed by atoms with van der Waals surface area (Å²) in [7, 11) is 2.93.